The molecule has 0 aliphatic carbocycles. The SMILES string of the molecule is COCC(Nc1ccc(C)c(S(N)(=O)=O)c1)C(C)C. The third-order valence-electron chi connectivity index (χ3n) is 3.00. The van der Waals surface area contributed by atoms with Gasteiger partial charge in [0.05, 0.1) is 17.5 Å². The number of hydrogen-bond donors (Lipinski definition) is 2. The van der Waals surface area contributed by atoms with Crippen LogP contribution in [0.15, 0.2) is 23.1 Å². The fraction of sp³-hybridized carbons (Fsp3) is 0.538. The van der Waals surface area contributed by atoms with Crippen LogP contribution in [0.1, 0.15) is 19.4 Å². The molecule has 1 atom stereocenters. The highest BCUT2D eigenvalue weighted by atomic mass is 32.2. The van der Waals surface area contributed by atoms with Gasteiger partial charge in [-0.05, 0) is 30.5 Å². The molecule has 0 saturated heterocycles. The van der Waals surface area contributed by atoms with Crippen molar-refractivity contribution < 1.29 is 13.2 Å². The second-order valence-electron chi connectivity index (χ2n) is 4.98. The monoisotopic (exact) mass is 286 g/mol. The summed E-state index contributed by atoms with van der Waals surface area (Å²) in [5.74, 6) is 0.360. The smallest absolute Gasteiger partial charge is 0.238 e. The fourth-order valence-corrected chi connectivity index (χ4v) is 2.60. The molecule has 0 aliphatic rings. The van der Waals surface area contributed by atoms with Crippen molar-refractivity contribution in [2.75, 3.05) is 19.0 Å². The summed E-state index contributed by atoms with van der Waals surface area (Å²) in [5.41, 5.74) is 1.37. The van der Waals surface area contributed by atoms with E-state index in [2.05, 4.69) is 19.2 Å². The minimum Gasteiger partial charge on any atom is -0.383 e. The lowest BCUT2D eigenvalue weighted by Gasteiger charge is -2.23. The summed E-state index contributed by atoms with van der Waals surface area (Å²) in [5, 5.41) is 8.47. The standard InChI is InChI=1S/C13H22N2O3S/c1-9(2)12(8-18-4)15-11-6-5-10(3)13(7-11)19(14,16)17/h5-7,9,12,15H,8H2,1-4H3,(H2,14,16,17). The number of rotatable bonds is 6. The van der Waals surface area contributed by atoms with Gasteiger partial charge in [0.25, 0.3) is 0 Å². The Morgan fingerprint density at radius 2 is 2.00 bits per heavy atom. The van der Waals surface area contributed by atoms with Crippen LogP contribution in [-0.4, -0.2) is 28.2 Å². The van der Waals surface area contributed by atoms with E-state index in [-0.39, 0.29) is 10.9 Å². The fourth-order valence-electron chi connectivity index (χ4n) is 1.79. The van der Waals surface area contributed by atoms with E-state index >= 15 is 0 Å². The van der Waals surface area contributed by atoms with E-state index in [0.29, 0.717) is 18.1 Å². The van der Waals surface area contributed by atoms with Crippen LogP contribution in [-0.2, 0) is 14.8 Å². The Morgan fingerprint density at radius 1 is 1.37 bits per heavy atom. The molecule has 5 nitrogen and oxygen atoms in total. The maximum Gasteiger partial charge on any atom is 0.238 e. The predicted octanol–water partition coefficient (Wildman–Crippen LogP) is 1.73. The van der Waals surface area contributed by atoms with Gasteiger partial charge >= 0.3 is 0 Å². The van der Waals surface area contributed by atoms with Crippen molar-refractivity contribution >= 4 is 15.7 Å². The van der Waals surface area contributed by atoms with E-state index < -0.39 is 10.0 Å². The van der Waals surface area contributed by atoms with Crippen molar-refractivity contribution in [1.29, 1.82) is 0 Å². The van der Waals surface area contributed by atoms with Gasteiger partial charge in [-0.25, -0.2) is 13.6 Å². The first-order valence-electron chi connectivity index (χ1n) is 6.14. The predicted molar refractivity (Wildman–Crippen MR) is 76.7 cm³/mol. The molecule has 1 aromatic carbocycles. The van der Waals surface area contributed by atoms with Crippen LogP contribution in [0.25, 0.3) is 0 Å². The Kier molecular flexibility index (Phi) is 5.34. The van der Waals surface area contributed by atoms with Gasteiger partial charge in [0, 0.05) is 12.8 Å². The van der Waals surface area contributed by atoms with E-state index in [1.165, 1.54) is 0 Å². The van der Waals surface area contributed by atoms with E-state index in [1.807, 2.05) is 6.07 Å². The minimum absolute atomic E-state index is 0.112. The maximum absolute atomic E-state index is 11.5. The molecule has 0 amide bonds. The quantitative estimate of drug-likeness (QED) is 0.834. The van der Waals surface area contributed by atoms with Crippen molar-refractivity contribution in [2.24, 2.45) is 11.1 Å². The summed E-state index contributed by atoms with van der Waals surface area (Å²) in [7, 11) is -2.05. The molecule has 0 aliphatic heterocycles. The summed E-state index contributed by atoms with van der Waals surface area (Å²) in [4.78, 5) is 0.150. The van der Waals surface area contributed by atoms with Gasteiger partial charge in [0.2, 0.25) is 10.0 Å². The number of ether oxygens (including phenoxy) is 1. The topological polar surface area (TPSA) is 81.4 Å². The second kappa shape index (κ2) is 6.36. The highest BCUT2D eigenvalue weighted by Crippen LogP contribution is 2.20. The summed E-state index contributed by atoms with van der Waals surface area (Å²) >= 11 is 0. The lowest BCUT2D eigenvalue weighted by Crippen LogP contribution is -2.30. The number of nitrogens with two attached hydrogens (primary N) is 1. The number of benzene rings is 1. The van der Waals surface area contributed by atoms with Gasteiger partial charge in [-0.1, -0.05) is 19.9 Å². The van der Waals surface area contributed by atoms with Gasteiger partial charge in [0.1, 0.15) is 0 Å². The van der Waals surface area contributed by atoms with Crippen molar-refractivity contribution in [3.8, 4) is 0 Å². The molecule has 1 unspecified atom stereocenters. The molecule has 3 N–H and O–H groups in total. The van der Waals surface area contributed by atoms with Crippen molar-refractivity contribution in [3.63, 3.8) is 0 Å². The Bertz CT molecular complexity index is 527. The Hall–Kier alpha value is -1.11. The highest BCUT2D eigenvalue weighted by molar-refractivity contribution is 7.89. The van der Waals surface area contributed by atoms with Gasteiger partial charge in [-0.2, -0.15) is 0 Å². The van der Waals surface area contributed by atoms with E-state index in [9.17, 15) is 8.42 Å². The number of anilines is 1. The molecular weight excluding hydrogens is 264 g/mol. The minimum atomic E-state index is -3.70. The molecule has 0 aromatic heterocycles. The molecule has 0 heterocycles. The molecular formula is C13H22N2O3S. The van der Waals surface area contributed by atoms with Crippen LogP contribution in [0.5, 0.6) is 0 Å². The first kappa shape index (κ1) is 15.9. The largest absolute Gasteiger partial charge is 0.383 e. The van der Waals surface area contributed by atoms with Crippen LogP contribution in [0.2, 0.25) is 0 Å². The Labute approximate surface area is 115 Å². The van der Waals surface area contributed by atoms with E-state index in [0.717, 1.165) is 5.69 Å². The molecule has 19 heavy (non-hydrogen) atoms. The van der Waals surface area contributed by atoms with Crippen LogP contribution < -0.4 is 10.5 Å². The first-order valence-corrected chi connectivity index (χ1v) is 7.69. The van der Waals surface area contributed by atoms with E-state index in [1.54, 1.807) is 26.2 Å². The molecule has 1 aromatic rings. The number of hydrogen-bond acceptors (Lipinski definition) is 4. The van der Waals surface area contributed by atoms with Gasteiger partial charge in [0.15, 0.2) is 0 Å². The van der Waals surface area contributed by atoms with Crippen molar-refractivity contribution in [3.05, 3.63) is 23.8 Å². The number of methoxy groups -OCH3 is 1. The lowest BCUT2D eigenvalue weighted by atomic mass is 10.0. The van der Waals surface area contributed by atoms with Gasteiger partial charge in [-0.3, -0.25) is 0 Å². The lowest BCUT2D eigenvalue weighted by molar-refractivity contribution is 0.171. The molecule has 0 saturated carbocycles. The first-order chi connectivity index (χ1) is 8.75. The number of primary sulfonamides is 1. The number of aryl methyl sites for hydroxylation is 1. The molecule has 108 valence electrons. The average molecular weight is 286 g/mol. The summed E-state index contributed by atoms with van der Waals surface area (Å²) in [6, 6.07) is 5.26. The third-order valence-corrected chi connectivity index (χ3v) is 4.05. The number of sulfonamides is 1. The van der Waals surface area contributed by atoms with Crippen LogP contribution >= 0.6 is 0 Å². The Balaban J connectivity index is 3.03. The zero-order valence-electron chi connectivity index (χ0n) is 11.8. The van der Waals surface area contributed by atoms with Crippen molar-refractivity contribution in [2.45, 2.75) is 31.7 Å². The zero-order chi connectivity index (χ0) is 14.6. The summed E-state index contributed by atoms with van der Waals surface area (Å²) < 4.78 is 28.1. The van der Waals surface area contributed by atoms with Gasteiger partial charge < -0.3 is 10.1 Å². The average Bonchev–Trinajstić information content (AvgIpc) is 2.29. The van der Waals surface area contributed by atoms with Crippen LogP contribution in [0.4, 0.5) is 5.69 Å². The highest BCUT2D eigenvalue weighted by Gasteiger charge is 2.16. The third kappa shape index (κ3) is 4.49. The van der Waals surface area contributed by atoms with Crippen molar-refractivity contribution in [1.82, 2.24) is 0 Å². The molecule has 0 spiro atoms. The molecule has 0 radical (unpaired) electrons. The Morgan fingerprint density at radius 3 is 2.47 bits per heavy atom. The van der Waals surface area contributed by atoms with Crippen LogP contribution in [0, 0.1) is 12.8 Å². The molecule has 1 rings (SSSR count). The van der Waals surface area contributed by atoms with E-state index in [4.69, 9.17) is 9.88 Å². The number of nitrogens with one attached hydrogen (secondary N) is 1. The zero-order valence-corrected chi connectivity index (χ0v) is 12.6. The van der Waals surface area contributed by atoms with Crippen LogP contribution in [0.3, 0.4) is 0 Å². The molecule has 0 fully saturated rings. The maximum atomic E-state index is 11.5. The summed E-state index contributed by atoms with van der Waals surface area (Å²) in [6.45, 7) is 6.42. The molecule has 6 heteroatoms. The summed E-state index contributed by atoms with van der Waals surface area (Å²) in [6.07, 6.45) is 0. The molecule has 0 bridgehead atoms. The second-order valence-corrected chi connectivity index (χ2v) is 6.51. The normalized spacial score (nSPS) is 13.6. The van der Waals surface area contributed by atoms with Gasteiger partial charge in [-0.15, -0.1) is 0 Å².